The van der Waals surface area contributed by atoms with Crippen LogP contribution in [0.25, 0.3) is 0 Å². The summed E-state index contributed by atoms with van der Waals surface area (Å²) < 4.78 is 5.36. The Balaban J connectivity index is 1.87. The summed E-state index contributed by atoms with van der Waals surface area (Å²) in [6.45, 7) is 6.31. The van der Waals surface area contributed by atoms with Crippen molar-refractivity contribution in [3.05, 3.63) is 45.3 Å². The standard InChI is InChI=1S/C22H28N2O2S2/c1-4-26-21(25)19-16-9-7-5-6-8-10-18(16)28-20(19)24-22(27)23-17-13-14(2)11-12-15(17)3/h11-13H,4-10H2,1-3H3,(H2,23,24,27). The normalized spacial score (nSPS) is 13.8. The number of carbonyl (C=O) groups is 1. The van der Waals surface area contributed by atoms with E-state index in [0.29, 0.717) is 17.3 Å². The molecule has 1 heterocycles. The highest BCUT2D eigenvalue weighted by atomic mass is 32.1. The number of anilines is 2. The highest BCUT2D eigenvalue weighted by Gasteiger charge is 2.25. The molecule has 0 fully saturated rings. The number of carbonyl (C=O) groups excluding carboxylic acids is 1. The summed E-state index contributed by atoms with van der Waals surface area (Å²) in [6.07, 6.45) is 6.69. The molecular formula is C22H28N2O2S2. The van der Waals surface area contributed by atoms with Gasteiger partial charge in [0.2, 0.25) is 0 Å². The van der Waals surface area contributed by atoms with Crippen LogP contribution in [-0.4, -0.2) is 17.7 Å². The molecule has 4 nitrogen and oxygen atoms in total. The van der Waals surface area contributed by atoms with Crippen LogP contribution in [0.5, 0.6) is 0 Å². The van der Waals surface area contributed by atoms with E-state index < -0.39 is 0 Å². The highest BCUT2D eigenvalue weighted by Crippen LogP contribution is 2.37. The number of thiocarbonyl (C=S) groups is 1. The van der Waals surface area contributed by atoms with Crippen molar-refractivity contribution in [1.82, 2.24) is 0 Å². The predicted octanol–water partition coefficient (Wildman–Crippen LogP) is 6.01. The zero-order valence-electron chi connectivity index (χ0n) is 16.8. The second-order valence-corrected chi connectivity index (χ2v) is 8.75. The molecule has 1 aliphatic rings. The summed E-state index contributed by atoms with van der Waals surface area (Å²) in [7, 11) is 0. The molecule has 0 amide bonds. The number of aryl methyl sites for hydroxylation is 3. The van der Waals surface area contributed by atoms with Gasteiger partial charge in [-0.1, -0.05) is 25.0 Å². The van der Waals surface area contributed by atoms with E-state index in [1.165, 1.54) is 29.7 Å². The molecule has 1 aromatic carbocycles. The van der Waals surface area contributed by atoms with Crippen LogP contribution in [-0.2, 0) is 17.6 Å². The van der Waals surface area contributed by atoms with Gasteiger partial charge in [-0.25, -0.2) is 4.79 Å². The number of esters is 1. The fraction of sp³-hybridized carbons (Fsp3) is 0.455. The summed E-state index contributed by atoms with van der Waals surface area (Å²) in [4.78, 5) is 14.0. The summed E-state index contributed by atoms with van der Waals surface area (Å²) >= 11 is 7.20. The first-order valence-corrected chi connectivity index (χ1v) is 11.2. The average Bonchev–Trinajstić information content (AvgIpc) is 2.94. The molecule has 0 bridgehead atoms. The minimum atomic E-state index is -0.252. The third-order valence-corrected chi connectivity index (χ3v) is 6.43. The van der Waals surface area contributed by atoms with Gasteiger partial charge in [-0.2, -0.15) is 0 Å². The van der Waals surface area contributed by atoms with E-state index in [0.717, 1.165) is 41.1 Å². The minimum Gasteiger partial charge on any atom is -0.462 e. The van der Waals surface area contributed by atoms with Crippen LogP contribution in [0.2, 0.25) is 0 Å². The van der Waals surface area contributed by atoms with Gasteiger partial charge in [-0.05, 0) is 81.4 Å². The number of benzene rings is 1. The fourth-order valence-corrected chi connectivity index (χ4v) is 5.11. The number of thiophene rings is 1. The van der Waals surface area contributed by atoms with Crippen molar-refractivity contribution in [2.75, 3.05) is 17.2 Å². The molecule has 0 saturated carbocycles. The molecule has 0 atom stereocenters. The van der Waals surface area contributed by atoms with Gasteiger partial charge >= 0.3 is 5.97 Å². The lowest BCUT2D eigenvalue weighted by molar-refractivity contribution is 0.0526. The van der Waals surface area contributed by atoms with Crippen molar-refractivity contribution in [1.29, 1.82) is 0 Å². The van der Waals surface area contributed by atoms with Gasteiger partial charge in [-0.3, -0.25) is 0 Å². The summed E-state index contributed by atoms with van der Waals surface area (Å²) in [5.41, 5.74) is 5.10. The first-order chi connectivity index (χ1) is 13.5. The molecule has 3 rings (SSSR count). The molecule has 0 unspecified atom stereocenters. The van der Waals surface area contributed by atoms with E-state index in [2.05, 4.69) is 35.8 Å². The van der Waals surface area contributed by atoms with Crippen molar-refractivity contribution in [2.45, 2.75) is 59.3 Å². The predicted molar refractivity (Wildman–Crippen MR) is 122 cm³/mol. The Bertz CT molecular complexity index is 874. The van der Waals surface area contributed by atoms with E-state index in [-0.39, 0.29) is 5.97 Å². The molecule has 0 aliphatic heterocycles. The summed E-state index contributed by atoms with van der Waals surface area (Å²) in [5.74, 6) is -0.252. The van der Waals surface area contributed by atoms with Gasteiger partial charge < -0.3 is 15.4 Å². The largest absolute Gasteiger partial charge is 0.462 e. The van der Waals surface area contributed by atoms with E-state index >= 15 is 0 Å². The Morgan fingerprint density at radius 2 is 1.89 bits per heavy atom. The Hall–Kier alpha value is -1.92. The average molecular weight is 417 g/mol. The molecule has 1 aliphatic carbocycles. The highest BCUT2D eigenvalue weighted by molar-refractivity contribution is 7.80. The van der Waals surface area contributed by atoms with Crippen molar-refractivity contribution in [3.8, 4) is 0 Å². The van der Waals surface area contributed by atoms with E-state index in [4.69, 9.17) is 17.0 Å². The number of rotatable bonds is 4. The van der Waals surface area contributed by atoms with Crippen LogP contribution < -0.4 is 10.6 Å². The molecule has 2 N–H and O–H groups in total. The molecule has 6 heteroatoms. The maximum Gasteiger partial charge on any atom is 0.341 e. The molecular weight excluding hydrogens is 388 g/mol. The monoisotopic (exact) mass is 416 g/mol. The Morgan fingerprint density at radius 3 is 2.64 bits per heavy atom. The lowest BCUT2D eigenvalue weighted by Crippen LogP contribution is -2.21. The SMILES string of the molecule is CCOC(=O)c1c(NC(=S)Nc2cc(C)ccc2C)sc2c1CCCCCC2. The second kappa shape index (κ2) is 9.52. The van der Waals surface area contributed by atoms with Gasteiger partial charge in [0.25, 0.3) is 0 Å². The maximum absolute atomic E-state index is 12.7. The van der Waals surface area contributed by atoms with Crippen LogP contribution in [0.3, 0.4) is 0 Å². The number of nitrogens with one attached hydrogen (secondary N) is 2. The van der Waals surface area contributed by atoms with Gasteiger partial charge in [0, 0.05) is 10.6 Å². The molecule has 28 heavy (non-hydrogen) atoms. The quantitative estimate of drug-likeness (QED) is 0.472. The maximum atomic E-state index is 12.7. The third kappa shape index (κ3) is 4.92. The Labute approximate surface area is 176 Å². The van der Waals surface area contributed by atoms with Crippen molar-refractivity contribution >= 4 is 45.3 Å². The topological polar surface area (TPSA) is 50.4 Å². The molecule has 2 aromatic rings. The van der Waals surface area contributed by atoms with Gasteiger partial charge in [-0.15, -0.1) is 11.3 Å². The van der Waals surface area contributed by atoms with Crippen molar-refractivity contribution < 1.29 is 9.53 Å². The van der Waals surface area contributed by atoms with E-state index in [1.807, 2.05) is 13.8 Å². The first kappa shape index (κ1) is 20.8. The number of hydrogen-bond acceptors (Lipinski definition) is 4. The third-order valence-electron chi connectivity index (χ3n) is 5.02. The van der Waals surface area contributed by atoms with Crippen LogP contribution in [0.4, 0.5) is 10.7 Å². The minimum absolute atomic E-state index is 0.252. The van der Waals surface area contributed by atoms with Crippen LogP contribution in [0.15, 0.2) is 18.2 Å². The van der Waals surface area contributed by atoms with Gasteiger partial charge in [0.15, 0.2) is 5.11 Å². The van der Waals surface area contributed by atoms with Crippen molar-refractivity contribution in [3.63, 3.8) is 0 Å². The smallest absolute Gasteiger partial charge is 0.341 e. The van der Waals surface area contributed by atoms with Gasteiger partial charge in [0.05, 0.1) is 12.2 Å². The zero-order chi connectivity index (χ0) is 20.1. The Morgan fingerprint density at radius 1 is 1.14 bits per heavy atom. The zero-order valence-corrected chi connectivity index (χ0v) is 18.4. The lowest BCUT2D eigenvalue weighted by atomic mass is 9.96. The van der Waals surface area contributed by atoms with Crippen molar-refractivity contribution in [2.24, 2.45) is 0 Å². The molecule has 0 spiro atoms. The molecule has 0 saturated heterocycles. The van der Waals surface area contributed by atoms with E-state index in [1.54, 1.807) is 11.3 Å². The number of ether oxygens (including phenoxy) is 1. The fourth-order valence-electron chi connectivity index (χ4n) is 3.55. The van der Waals surface area contributed by atoms with E-state index in [9.17, 15) is 4.79 Å². The second-order valence-electron chi connectivity index (χ2n) is 7.24. The molecule has 1 aromatic heterocycles. The first-order valence-electron chi connectivity index (χ1n) is 9.96. The van der Waals surface area contributed by atoms with Gasteiger partial charge in [0.1, 0.15) is 5.00 Å². The summed E-state index contributed by atoms with van der Waals surface area (Å²) in [5, 5.41) is 7.85. The lowest BCUT2D eigenvalue weighted by Gasteiger charge is -2.14. The Kier molecular flexibility index (Phi) is 7.08. The van der Waals surface area contributed by atoms with Crippen LogP contribution in [0, 0.1) is 13.8 Å². The number of fused-ring (bicyclic) bond motifs is 1. The molecule has 150 valence electrons. The van der Waals surface area contributed by atoms with Crippen LogP contribution in [0.1, 0.15) is 64.5 Å². The van der Waals surface area contributed by atoms with Crippen LogP contribution >= 0.6 is 23.6 Å². The number of hydrogen-bond donors (Lipinski definition) is 2. The summed E-state index contributed by atoms with van der Waals surface area (Å²) in [6, 6.07) is 6.22. The molecule has 0 radical (unpaired) electrons.